The monoisotopic (exact) mass is 868 g/mol. The number of likely N-dealkylation sites (tertiary alicyclic amines) is 2. The summed E-state index contributed by atoms with van der Waals surface area (Å²) >= 11 is 19.9. The fourth-order valence-corrected chi connectivity index (χ4v) is 8.67. The Labute approximate surface area is 365 Å². The minimum absolute atomic E-state index is 0.0627. The molecule has 0 spiro atoms. The van der Waals surface area contributed by atoms with E-state index in [0.29, 0.717) is 29.7 Å². The first kappa shape index (κ1) is 44.7. The molecule has 0 radical (unpaired) electrons. The summed E-state index contributed by atoms with van der Waals surface area (Å²) < 4.78 is 24.0. The van der Waals surface area contributed by atoms with E-state index in [-0.39, 0.29) is 34.9 Å². The van der Waals surface area contributed by atoms with Gasteiger partial charge in [0.1, 0.15) is 28.0 Å². The Kier molecular flexibility index (Phi) is 15.6. The maximum Gasteiger partial charge on any atom is 0.224 e. The number of ether oxygens (including phenoxy) is 4. The highest BCUT2D eigenvalue weighted by Crippen LogP contribution is 2.38. The lowest BCUT2D eigenvalue weighted by Crippen LogP contribution is -2.59. The number of hydrazine groups is 1. The number of piperidine rings is 2. The lowest BCUT2D eigenvalue weighted by molar-refractivity contribution is 0.182. The molecule has 12 nitrogen and oxygen atoms in total. The van der Waals surface area contributed by atoms with Gasteiger partial charge in [-0.3, -0.25) is 19.8 Å². The summed E-state index contributed by atoms with van der Waals surface area (Å²) in [4.78, 5) is 23.5. The van der Waals surface area contributed by atoms with Crippen LogP contribution in [0.15, 0.2) is 42.5 Å². The standard InChI is InChI=1S/C44H59Cl3N8O4/c1-9-56-38-23-33(24-39(42(38)45)57-10-2)27-53-17-13-35(14-18-53)55(41-20-31(8)49-44(47)51-41)54(40-19-30(7)48-43(46)50-40)34-11-15-52(16-12-34)26-32-21-36(58-28(3)4)25-37(22-32)59-29(5)6/h19-25,28-29,34-35H,9-18,26-27H2,1-8H3. The van der Waals surface area contributed by atoms with Gasteiger partial charge < -0.3 is 18.9 Å². The Balaban J connectivity index is 1.26. The highest BCUT2D eigenvalue weighted by Gasteiger charge is 2.37. The molecule has 0 amide bonds. The summed E-state index contributed by atoms with van der Waals surface area (Å²) in [6, 6.07) is 14.5. The summed E-state index contributed by atoms with van der Waals surface area (Å²) in [7, 11) is 0. The largest absolute Gasteiger partial charge is 0.492 e. The molecule has 0 N–H and O–H groups in total. The van der Waals surface area contributed by atoms with Crippen LogP contribution in [-0.2, 0) is 13.1 Å². The average Bonchev–Trinajstić information content (AvgIpc) is 3.15. The van der Waals surface area contributed by atoms with Gasteiger partial charge >= 0.3 is 0 Å². The van der Waals surface area contributed by atoms with E-state index in [1.807, 2.05) is 85.7 Å². The van der Waals surface area contributed by atoms with E-state index in [2.05, 4.69) is 41.9 Å². The molecule has 2 saturated heterocycles. The molecule has 2 aliphatic heterocycles. The van der Waals surface area contributed by atoms with Gasteiger partial charge in [-0.05, 0) is 140 Å². The lowest BCUT2D eigenvalue weighted by atomic mass is 10.0. The van der Waals surface area contributed by atoms with Gasteiger partial charge in [-0.25, -0.2) is 9.97 Å². The second-order valence-electron chi connectivity index (χ2n) is 15.9. The van der Waals surface area contributed by atoms with E-state index in [9.17, 15) is 0 Å². The number of aryl methyl sites for hydroxylation is 2. The summed E-state index contributed by atoms with van der Waals surface area (Å²) in [5.74, 6) is 4.40. The van der Waals surface area contributed by atoms with E-state index in [0.717, 1.165) is 111 Å². The summed E-state index contributed by atoms with van der Waals surface area (Å²) in [6.45, 7) is 22.0. The van der Waals surface area contributed by atoms with Crippen LogP contribution in [0, 0.1) is 13.8 Å². The molecule has 4 heterocycles. The van der Waals surface area contributed by atoms with E-state index in [1.165, 1.54) is 0 Å². The second kappa shape index (κ2) is 20.6. The van der Waals surface area contributed by atoms with Crippen molar-refractivity contribution in [1.82, 2.24) is 29.7 Å². The first-order chi connectivity index (χ1) is 28.3. The third kappa shape index (κ3) is 12.2. The Morgan fingerprint density at radius 1 is 0.593 bits per heavy atom. The highest BCUT2D eigenvalue weighted by atomic mass is 35.5. The third-order valence-electron chi connectivity index (χ3n) is 10.3. The normalized spacial score (nSPS) is 15.8. The van der Waals surface area contributed by atoms with Gasteiger partial charge in [0.15, 0.2) is 11.6 Å². The molecule has 2 aliphatic rings. The molecule has 0 unspecified atom stereocenters. The van der Waals surface area contributed by atoms with Gasteiger partial charge in [0.25, 0.3) is 0 Å². The van der Waals surface area contributed by atoms with Crippen molar-refractivity contribution in [3.05, 3.63) is 80.6 Å². The molecular formula is C44H59Cl3N8O4. The van der Waals surface area contributed by atoms with Crippen molar-refractivity contribution >= 4 is 46.4 Å². The molecule has 6 rings (SSSR count). The molecule has 4 aromatic rings. The maximum absolute atomic E-state index is 6.64. The van der Waals surface area contributed by atoms with Crippen LogP contribution < -0.4 is 29.0 Å². The minimum Gasteiger partial charge on any atom is -0.492 e. The number of halogens is 3. The van der Waals surface area contributed by atoms with Crippen LogP contribution in [-0.4, -0.2) is 93.4 Å². The van der Waals surface area contributed by atoms with Crippen molar-refractivity contribution in [1.29, 1.82) is 0 Å². The van der Waals surface area contributed by atoms with Crippen molar-refractivity contribution in [2.45, 2.75) is 118 Å². The van der Waals surface area contributed by atoms with Crippen LogP contribution in [0.3, 0.4) is 0 Å². The smallest absolute Gasteiger partial charge is 0.224 e. The van der Waals surface area contributed by atoms with Gasteiger partial charge in [0, 0.05) is 68.9 Å². The SMILES string of the molecule is CCOc1cc(CN2CCC(N(c3cc(C)nc(Cl)n3)N(c3cc(C)nc(Cl)n3)C3CCN(Cc4cc(OC(C)C)cc(OC(C)C)c4)CC3)CC2)cc(OCC)c1Cl. The summed E-state index contributed by atoms with van der Waals surface area (Å²) in [6.07, 6.45) is 3.63. The Morgan fingerprint density at radius 3 is 1.34 bits per heavy atom. The van der Waals surface area contributed by atoms with E-state index < -0.39 is 0 Å². The molecule has 320 valence electrons. The van der Waals surface area contributed by atoms with Crippen LogP contribution in [0.1, 0.15) is 89.7 Å². The zero-order valence-corrected chi connectivity index (χ0v) is 37.9. The number of anilines is 2. The zero-order chi connectivity index (χ0) is 42.2. The number of nitrogens with zero attached hydrogens (tertiary/aromatic N) is 8. The summed E-state index contributed by atoms with van der Waals surface area (Å²) in [5.41, 5.74) is 3.83. The number of benzene rings is 2. The minimum atomic E-state index is 0.0627. The Bertz CT molecular complexity index is 1910. The summed E-state index contributed by atoms with van der Waals surface area (Å²) in [5, 5.41) is 5.56. The van der Waals surface area contributed by atoms with Crippen molar-refractivity contribution < 1.29 is 18.9 Å². The molecule has 2 aromatic carbocycles. The van der Waals surface area contributed by atoms with Gasteiger partial charge in [-0.1, -0.05) is 11.6 Å². The average molecular weight is 870 g/mol. The van der Waals surface area contributed by atoms with Crippen molar-refractivity contribution in [3.8, 4) is 23.0 Å². The Morgan fingerprint density at radius 2 is 0.983 bits per heavy atom. The van der Waals surface area contributed by atoms with E-state index in [4.69, 9.17) is 63.7 Å². The molecule has 2 aromatic heterocycles. The van der Waals surface area contributed by atoms with Gasteiger partial charge in [0.2, 0.25) is 10.6 Å². The third-order valence-corrected chi connectivity index (χ3v) is 11.0. The topological polar surface area (TPSA) is 101 Å². The lowest BCUT2D eigenvalue weighted by Gasteiger charge is -2.49. The van der Waals surface area contributed by atoms with Crippen LogP contribution >= 0.6 is 34.8 Å². The molecule has 0 aliphatic carbocycles. The first-order valence-corrected chi connectivity index (χ1v) is 22.0. The quantitative estimate of drug-likeness (QED) is 0.0746. The molecule has 0 bridgehead atoms. The molecule has 59 heavy (non-hydrogen) atoms. The van der Waals surface area contributed by atoms with Gasteiger partial charge in [-0.15, -0.1) is 0 Å². The number of rotatable bonds is 17. The molecule has 2 fully saturated rings. The maximum atomic E-state index is 6.64. The fraction of sp³-hybridized carbons (Fsp3) is 0.545. The molecule has 0 atom stereocenters. The van der Waals surface area contributed by atoms with E-state index in [1.54, 1.807) is 0 Å². The molecular weight excluding hydrogens is 811 g/mol. The second-order valence-corrected chi connectivity index (χ2v) is 16.9. The van der Waals surface area contributed by atoms with E-state index >= 15 is 0 Å². The van der Waals surface area contributed by atoms with Crippen molar-refractivity contribution in [2.75, 3.05) is 49.4 Å². The predicted octanol–water partition coefficient (Wildman–Crippen LogP) is 9.77. The predicted molar refractivity (Wildman–Crippen MR) is 237 cm³/mol. The van der Waals surface area contributed by atoms with Gasteiger partial charge in [-0.2, -0.15) is 9.97 Å². The van der Waals surface area contributed by atoms with Crippen molar-refractivity contribution in [3.63, 3.8) is 0 Å². The van der Waals surface area contributed by atoms with Crippen LogP contribution in [0.4, 0.5) is 11.6 Å². The molecule has 0 saturated carbocycles. The van der Waals surface area contributed by atoms with Crippen LogP contribution in [0.2, 0.25) is 15.6 Å². The van der Waals surface area contributed by atoms with Crippen LogP contribution in [0.25, 0.3) is 0 Å². The van der Waals surface area contributed by atoms with Gasteiger partial charge in [0.05, 0.1) is 37.5 Å². The zero-order valence-electron chi connectivity index (χ0n) is 35.7. The number of hydrogen-bond donors (Lipinski definition) is 0. The van der Waals surface area contributed by atoms with Crippen molar-refractivity contribution in [2.24, 2.45) is 0 Å². The number of aromatic nitrogens is 4. The Hall–Kier alpha value is -3.81. The fourth-order valence-electron chi connectivity index (χ4n) is 8.02. The first-order valence-electron chi connectivity index (χ1n) is 20.9. The molecule has 15 heteroatoms. The number of hydrogen-bond acceptors (Lipinski definition) is 12. The van der Waals surface area contributed by atoms with Crippen LogP contribution in [0.5, 0.6) is 23.0 Å². The highest BCUT2D eigenvalue weighted by molar-refractivity contribution is 6.33.